The molecule has 4 rings (SSSR count). The zero-order chi connectivity index (χ0) is 22.2. The van der Waals surface area contributed by atoms with Crippen molar-refractivity contribution < 1.29 is 4.79 Å². The Kier molecular flexibility index (Phi) is 6.63. The Bertz CT molecular complexity index is 1230. The van der Waals surface area contributed by atoms with Crippen molar-refractivity contribution in [2.24, 2.45) is 9.98 Å². The Morgan fingerprint density at radius 3 is 1.69 bits per heavy atom. The topological polar surface area (TPSA) is 53.8 Å². The summed E-state index contributed by atoms with van der Waals surface area (Å²) in [6.45, 7) is 2.04. The summed E-state index contributed by atoms with van der Waals surface area (Å²) < 4.78 is 0. The van der Waals surface area contributed by atoms with E-state index in [0.717, 1.165) is 22.4 Å². The van der Waals surface area contributed by atoms with E-state index < -0.39 is 0 Å². The Labute approximate surface area is 188 Å². The van der Waals surface area contributed by atoms with Gasteiger partial charge in [0.2, 0.25) is 0 Å². The molecule has 0 unspecified atom stereocenters. The minimum absolute atomic E-state index is 0.226. The third-order valence-corrected chi connectivity index (χ3v) is 4.83. The highest BCUT2D eigenvalue weighted by atomic mass is 16.1. The molecule has 156 valence electrons. The third kappa shape index (κ3) is 5.43. The molecule has 0 heterocycles. The number of amidine groups is 2. The van der Waals surface area contributed by atoms with E-state index >= 15 is 0 Å². The van der Waals surface area contributed by atoms with Crippen LogP contribution in [0.1, 0.15) is 27.0 Å². The summed E-state index contributed by atoms with van der Waals surface area (Å²) >= 11 is 0. The molecule has 4 aromatic carbocycles. The monoisotopic (exact) mass is 417 g/mol. The molecule has 4 aromatic rings. The van der Waals surface area contributed by atoms with Crippen molar-refractivity contribution in [2.75, 3.05) is 0 Å². The Balaban J connectivity index is 1.80. The Morgan fingerprint density at radius 2 is 1.12 bits per heavy atom. The molecule has 1 N–H and O–H groups in total. The zero-order valence-corrected chi connectivity index (χ0v) is 17.8. The molecular weight excluding hydrogens is 394 g/mol. The van der Waals surface area contributed by atoms with Gasteiger partial charge in [-0.2, -0.15) is 0 Å². The smallest absolute Gasteiger partial charge is 0.256 e. The molecule has 0 radical (unpaired) electrons. The summed E-state index contributed by atoms with van der Waals surface area (Å²) in [5.74, 6) is 0.729. The van der Waals surface area contributed by atoms with Gasteiger partial charge in [-0.05, 0) is 31.2 Å². The van der Waals surface area contributed by atoms with Crippen molar-refractivity contribution in [1.82, 2.24) is 5.32 Å². The van der Waals surface area contributed by atoms with Gasteiger partial charge in [-0.15, -0.1) is 0 Å². The molecule has 0 aromatic heterocycles. The van der Waals surface area contributed by atoms with Gasteiger partial charge in [0.1, 0.15) is 5.84 Å². The van der Waals surface area contributed by atoms with Crippen LogP contribution < -0.4 is 5.32 Å². The van der Waals surface area contributed by atoms with Crippen molar-refractivity contribution in [3.05, 3.63) is 138 Å². The van der Waals surface area contributed by atoms with E-state index in [-0.39, 0.29) is 5.91 Å². The number of carbonyl (C=O) groups excluding carboxylic acids is 1. The molecule has 0 fully saturated rings. The van der Waals surface area contributed by atoms with Gasteiger partial charge in [-0.3, -0.25) is 4.79 Å². The van der Waals surface area contributed by atoms with Crippen LogP contribution >= 0.6 is 0 Å². The molecule has 0 spiro atoms. The number of rotatable bonds is 4. The van der Waals surface area contributed by atoms with Crippen LogP contribution in [0.4, 0.5) is 5.69 Å². The summed E-state index contributed by atoms with van der Waals surface area (Å²) in [6, 6.07) is 36.4. The molecule has 4 heteroatoms. The van der Waals surface area contributed by atoms with Gasteiger partial charge in [0.05, 0.1) is 5.69 Å². The van der Waals surface area contributed by atoms with Crippen molar-refractivity contribution in [3.8, 4) is 0 Å². The summed E-state index contributed by atoms with van der Waals surface area (Å²) in [5.41, 5.74) is 4.17. The van der Waals surface area contributed by atoms with Crippen LogP contribution in [0, 0.1) is 6.92 Å². The number of hydrogen-bond acceptors (Lipinski definition) is 2. The average molecular weight is 418 g/mol. The van der Waals surface area contributed by atoms with Gasteiger partial charge < -0.3 is 5.32 Å². The molecule has 0 saturated carbocycles. The quantitative estimate of drug-likeness (QED) is 0.324. The molecule has 0 aliphatic carbocycles. The average Bonchev–Trinajstić information content (AvgIpc) is 2.86. The highest BCUT2D eigenvalue weighted by Crippen LogP contribution is 2.16. The summed E-state index contributed by atoms with van der Waals surface area (Å²) in [6.07, 6.45) is 0. The fourth-order valence-corrected chi connectivity index (χ4v) is 3.12. The minimum atomic E-state index is -0.226. The molecule has 4 nitrogen and oxygen atoms in total. The van der Waals surface area contributed by atoms with Gasteiger partial charge in [0.15, 0.2) is 5.84 Å². The zero-order valence-electron chi connectivity index (χ0n) is 17.8. The fraction of sp³-hybridized carbons (Fsp3) is 0.0357. The minimum Gasteiger partial charge on any atom is -0.306 e. The number of nitrogens with zero attached hydrogens (tertiary/aromatic N) is 2. The first-order valence-electron chi connectivity index (χ1n) is 10.4. The van der Waals surface area contributed by atoms with Gasteiger partial charge in [0.25, 0.3) is 5.91 Å². The number of hydrogen-bond donors (Lipinski definition) is 1. The largest absolute Gasteiger partial charge is 0.306 e. The molecule has 0 aliphatic heterocycles. The van der Waals surface area contributed by atoms with Gasteiger partial charge in [-0.25, -0.2) is 9.98 Å². The molecule has 32 heavy (non-hydrogen) atoms. The van der Waals surface area contributed by atoms with Crippen molar-refractivity contribution >= 4 is 23.3 Å². The molecular formula is C28H23N3O. The summed E-state index contributed by atoms with van der Waals surface area (Å²) in [4.78, 5) is 22.5. The lowest BCUT2D eigenvalue weighted by atomic mass is 10.1. The van der Waals surface area contributed by atoms with E-state index in [1.807, 2.05) is 110 Å². The van der Waals surface area contributed by atoms with E-state index in [9.17, 15) is 4.79 Å². The lowest BCUT2D eigenvalue weighted by Gasteiger charge is -2.11. The van der Waals surface area contributed by atoms with Crippen LogP contribution in [-0.2, 0) is 0 Å². The first kappa shape index (κ1) is 20.9. The van der Waals surface area contributed by atoms with Crippen LogP contribution in [-0.4, -0.2) is 17.6 Å². The second-order valence-corrected chi connectivity index (χ2v) is 7.28. The number of benzene rings is 4. The van der Waals surface area contributed by atoms with Gasteiger partial charge >= 0.3 is 0 Å². The summed E-state index contributed by atoms with van der Waals surface area (Å²) in [7, 11) is 0. The lowest BCUT2D eigenvalue weighted by Crippen LogP contribution is -2.32. The van der Waals surface area contributed by atoms with Crippen molar-refractivity contribution in [2.45, 2.75) is 6.92 Å². The van der Waals surface area contributed by atoms with Crippen LogP contribution in [0.5, 0.6) is 0 Å². The standard InChI is InChI=1S/C28H23N3O/c1-21-17-19-25(20-18-21)29-26(22-11-5-2-6-12-22)30-27(23-13-7-3-8-14-23)31-28(32)24-15-9-4-10-16-24/h2-20H,1H3,(H,29,30,31,32). The number of aliphatic imine (C=N–C) groups is 2. The third-order valence-electron chi connectivity index (χ3n) is 4.83. The lowest BCUT2D eigenvalue weighted by molar-refractivity contribution is 0.0977. The van der Waals surface area contributed by atoms with E-state index in [1.54, 1.807) is 12.1 Å². The van der Waals surface area contributed by atoms with Crippen molar-refractivity contribution in [3.63, 3.8) is 0 Å². The predicted molar refractivity (Wildman–Crippen MR) is 131 cm³/mol. The van der Waals surface area contributed by atoms with Crippen LogP contribution in [0.2, 0.25) is 0 Å². The first-order valence-corrected chi connectivity index (χ1v) is 10.4. The molecule has 0 bridgehead atoms. The Hall–Kier alpha value is -4.31. The van der Waals surface area contributed by atoms with Gasteiger partial charge in [-0.1, -0.05) is 96.6 Å². The Morgan fingerprint density at radius 1 is 0.625 bits per heavy atom. The molecule has 0 saturated heterocycles. The fourth-order valence-electron chi connectivity index (χ4n) is 3.12. The SMILES string of the molecule is Cc1ccc(N=C(N=C(NC(=O)c2ccccc2)c2ccccc2)c2ccccc2)cc1. The number of aryl methyl sites for hydroxylation is 1. The van der Waals surface area contributed by atoms with Crippen LogP contribution in [0.15, 0.2) is 125 Å². The maximum atomic E-state index is 12.9. The number of nitrogens with one attached hydrogen (secondary N) is 1. The maximum Gasteiger partial charge on any atom is 0.256 e. The number of carbonyl (C=O) groups is 1. The molecule has 1 amide bonds. The van der Waals surface area contributed by atoms with Gasteiger partial charge in [0, 0.05) is 16.7 Å². The highest BCUT2D eigenvalue weighted by molar-refractivity contribution is 6.18. The second kappa shape index (κ2) is 10.1. The predicted octanol–water partition coefficient (Wildman–Crippen LogP) is 5.95. The number of amides is 1. The highest BCUT2D eigenvalue weighted by Gasteiger charge is 2.13. The van der Waals surface area contributed by atoms with E-state index in [1.165, 1.54) is 0 Å². The molecule has 0 atom stereocenters. The normalized spacial score (nSPS) is 11.8. The summed E-state index contributed by atoms with van der Waals surface area (Å²) in [5, 5.41) is 2.97. The van der Waals surface area contributed by atoms with Crippen molar-refractivity contribution in [1.29, 1.82) is 0 Å². The van der Waals surface area contributed by atoms with E-state index in [0.29, 0.717) is 17.2 Å². The van der Waals surface area contributed by atoms with E-state index in [4.69, 9.17) is 9.98 Å². The maximum absolute atomic E-state index is 12.9. The first-order chi connectivity index (χ1) is 15.7. The van der Waals surface area contributed by atoms with Crippen LogP contribution in [0.25, 0.3) is 0 Å². The van der Waals surface area contributed by atoms with Crippen LogP contribution in [0.3, 0.4) is 0 Å². The molecule has 0 aliphatic rings. The second-order valence-electron chi connectivity index (χ2n) is 7.28. The van der Waals surface area contributed by atoms with E-state index in [2.05, 4.69) is 5.32 Å².